The van der Waals surface area contributed by atoms with Gasteiger partial charge in [0.25, 0.3) is 0 Å². The fraction of sp³-hybridized carbons (Fsp3) is 1.00. The van der Waals surface area contributed by atoms with E-state index in [-0.39, 0.29) is 0 Å². The Labute approximate surface area is 103 Å². The molecule has 96 valence electrons. The van der Waals surface area contributed by atoms with Gasteiger partial charge in [0.1, 0.15) is 0 Å². The van der Waals surface area contributed by atoms with Gasteiger partial charge in [-0.1, -0.05) is 54.9 Å². The third-order valence-corrected chi connectivity index (χ3v) is 5.31. The fourth-order valence-corrected chi connectivity index (χ4v) is 4.03. The summed E-state index contributed by atoms with van der Waals surface area (Å²) < 4.78 is 0. The molecule has 1 aliphatic carbocycles. The summed E-state index contributed by atoms with van der Waals surface area (Å²) in [6, 6.07) is 0. The lowest BCUT2D eigenvalue weighted by Crippen LogP contribution is -2.41. The second kappa shape index (κ2) is 5.10. The zero-order chi connectivity index (χ0) is 12.5. The van der Waals surface area contributed by atoms with E-state index in [1.54, 1.807) is 0 Å². The molecule has 0 amide bonds. The minimum Gasteiger partial charge on any atom is -0.0651 e. The Bertz CT molecular complexity index is 214. The topological polar surface area (TPSA) is 0 Å². The smallest absolute Gasteiger partial charge is 0.0320 e. The van der Waals surface area contributed by atoms with Crippen molar-refractivity contribution in [2.75, 3.05) is 0 Å². The monoisotopic (exact) mass is 224 g/mol. The molecule has 0 radical (unpaired) electrons. The Hall–Kier alpha value is 0. The lowest BCUT2D eigenvalue weighted by molar-refractivity contribution is 0.00304. The van der Waals surface area contributed by atoms with E-state index in [1.807, 2.05) is 0 Å². The number of hydrogen-bond acceptors (Lipinski definition) is 0. The van der Waals surface area contributed by atoms with E-state index >= 15 is 0 Å². The average molecular weight is 224 g/mol. The summed E-state index contributed by atoms with van der Waals surface area (Å²) in [7, 11) is 0. The molecular formula is C16H32. The maximum Gasteiger partial charge on any atom is -0.0320 e. The van der Waals surface area contributed by atoms with Gasteiger partial charge in [-0.05, 0) is 47.8 Å². The van der Waals surface area contributed by atoms with Crippen molar-refractivity contribution in [3.05, 3.63) is 0 Å². The van der Waals surface area contributed by atoms with E-state index in [4.69, 9.17) is 0 Å². The predicted octanol–water partition coefficient (Wildman–Crippen LogP) is 5.38. The van der Waals surface area contributed by atoms with Crippen molar-refractivity contribution in [2.24, 2.45) is 35.0 Å². The van der Waals surface area contributed by atoms with Crippen LogP contribution in [0.5, 0.6) is 0 Å². The van der Waals surface area contributed by atoms with Crippen LogP contribution in [0.4, 0.5) is 0 Å². The van der Waals surface area contributed by atoms with E-state index in [0.717, 1.165) is 29.6 Å². The molecule has 0 aliphatic heterocycles. The van der Waals surface area contributed by atoms with Gasteiger partial charge in [-0.2, -0.15) is 0 Å². The van der Waals surface area contributed by atoms with Crippen LogP contribution in [0.25, 0.3) is 0 Å². The summed E-state index contributed by atoms with van der Waals surface area (Å²) in [4.78, 5) is 0. The van der Waals surface area contributed by atoms with Gasteiger partial charge in [-0.3, -0.25) is 0 Å². The largest absolute Gasteiger partial charge is 0.0651 e. The highest BCUT2D eigenvalue weighted by Crippen LogP contribution is 2.51. The number of hydrogen-bond donors (Lipinski definition) is 0. The Kier molecular flexibility index (Phi) is 4.49. The molecule has 1 aliphatic rings. The highest BCUT2D eigenvalue weighted by Gasteiger charge is 2.42. The van der Waals surface area contributed by atoms with Crippen LogP contribution in [0.3, 0.4) is 0 Å². The van der Waals surface area contributed by atoms with E-state index in [1.165, 1.54) is 19.3 Å². The van der Waals surface area contributed by atoms with Crippen molar-refractivity contribution in [1.82, 2.24) is 0 Å². The molecule has 0 heteroatoms. The lowest BCUT2D eigenvalue weighted by Gasteiger charge is -2.49. The van der Waals surface area contributed by atoms with Crippen LogP contribution in [-0.4, -0.2) is 0 Å². The summed E-state index contributed by atoms with van der Waals surface area (Å²) in [6.45, 7) is 17.1. The summed E-state index contributed by atoms with van der Waals surface area (Å²) in [6.07, 6.45) is 4.22. The van der Waals surface area contributed by atoms with E-state index < -0.39 is 0 Å². The first-order chi connectivity index (χ1) is 7.29. The summed E-state index contributed by atoms with van der Waals surface area (Å²) in [5.74, 6) is 4.54. The van der Waals surface area contributed by atoms with Crippen LogP contribution >= 0.6 is 0 Å². The molecule has 0 aromatic rings. The lowest BCUT2D eigenvalue weighted by atomic mass is 9.56. The van der Waals surface area contributed by atoms with Crippen LogP contribution in [0, 0.1) is 35.0 Å². The van der Waals surface area contributed by atoms with Gasteiger partial charge in [-0.25, -0.2) is 0 Å². The molecule has 0 heterocycles. The summed E-state index contributed by atoms with van der Waals surface area (Å²) in [5, 5.41) is 0. The summed E-state index contributed by atoms with van der Waals surface area (Å²) >= 11 is 0. The minimum atomic E-state index is 0.552. The third-order valence-electron chi connectivity index (χ3n) is 5.31. The molecule has 0 saturated heterocycles. The molecule has 1 fully saturated rings. The van der Waals surface area contributed by atoms with Crippen LogP contribution < -0.4 is 0 Å². The average Bonchev–Trinajstić information content (AvgIpc) is 2.19. The fourth-order valence-electron chi connectivity index (χ4n) is 4.03. The van der Waals surface area contributed by atoms with Gasteiger partial charge in [0, 0.05) is 0 Å². The van der Waals surface area contributed by atoms with Crippen LogP contribution in [0.15, 0.2) is 0 Å². The Morgan fingerprint density at radius 1 is 1.19 bits per heavy atom. The first kappa shape index (κ1) is 14.1. The van der Waals surface area contributed by atoms with E-state index in [2.05, 4.69) is 48.5 Å². The maximum atomic E-state index is 2.51. The van der Waals surface area contributed by atoms with Crippen molar-refractivity contribution in [3.8, 4) is 0 Å². The molecule has 4 unspecified atom stereocenters. The molecule has 0 spiro atoms. The van der Waals surface area contributed by atoms with Crippen molar-refractivity contribution in [2.45, 2.75) is 67.7 Å². The molecule has 4 atom stereocenters. The van der Waals surface area contributed by atoms with Gasteiger partial charge in [0.15, 0.2) is 0 Å². The molecule has 0 N–H and O–H groups in total. The zero-order valence-corrected chi connectivity index (χ0v) is 12.5. The minimum absolute atomic E-state index is 0.552. The predicted molar refractivity (Wildman–Crippen MR) is 73.5 cm³/mol. The van der Waals surface area contributed by atoms with Crippen molar-refractivity contribution >= 4 is 0 Å². The van der Waals surface area contributed by atoms with E-state index in [9.17, 15) is 0 Å². The number of rotatable bonds is 3. The molecule has 16 heavy (non-hydrogen) atoms. The maximum absolute atomic E-state index is 2.51. The molecule has 0 aromatic carbocycles. The van der Waals surface area contributed by atoms with Crippen LogP contribution in [0.1, 0.15) is 67.7 Å². The zero-order valence-electron chi connectivity index (χ0n) is 12.5. The molecule has 1 saturated carbocycles. The first-order valence-electron chi connectivity index (χ1n) is 7.29. The Morgan fingerprint density at radius 3 is 2.19 bits per heavy atom. The Morgan fingerprint density at radius 2 is 1.75 bits per heavy atom. The quantitative estimate of drug-likeness (QED) is 0.604. The first-order valence-corrected chi connectivity index (χ1v) is 7.29. The third kappa shape index (κ3) is 2.81. The van der Waals surface area contributed by atoms with Crippen LogP contribution in [0.2, 0.25) is 0 Å². The van der Waals surface area contributed by atoms with Crippen molar-refractivity contribution in [3.63, 3.8) is 0 Å². The molecule has 0 nitrogen and oxygen atoms in total. The van der Waals surface area contributed by atoms with Gasteiger partial charge in [0.2, 0.25) is 0 Å². The standard InChI is InChI=1S/C16H32/c1-8-12(4)15-9-13(5)14(11(2)3)10-16(15,6)7/h11-15H,8-10H2,1-7H3. The summed E-state index contributed by atoms with van der Waals surface area (Å²) in [5.41, 5.74) is 0.552. The van der Waals surface area contributed by atoms with Gasteiger partial charge < -0.3 is 0 Å². The normalized spacial score (nSPS) is 36.4. The second-order valence-electron chi connectivity index (χ2n) is 7.31. The highest BCUT2D eigenvalue weighted by molar-refractivity contribution is 4.92. The molecule has 0 bridgehead atoms. The SMILES string of the molecule is CCC(C)C1CC(C)C(C(C)C)CC1(C)C. The molecule has 1 rings (SSSR count). The molecule has 0 aromatic heterocycles. The van der Waals surface area contributed by atoms with Crippen molar-refractivity contribution in [1.29, 1.82) is 0 Å². The van der Waals surface area contributed by atoms with Gasteiger partial charge in [0.05, 0.1) is 0 Å². The molecular weight excluding hydrogens is 192 g/mol. The second-order valence-corrected chi connectivity index (χ2v) is 7.31. The van der Waals surface area contributed by atoms with Crippen molar-refractivity contribution < 1.29 is 0 Å². The van der Waals surface area contributed by atoms with Gasteiger partial charge >= 0.3 is 0 Å². The van der Waals surface area contributed by atoms with Gasteiger partial charge in [-0.15, -0.1) is 0 Å². The van der Waals surface area contributed by atoms with E-state index in [0.29, 0.717) is 5.41 Å². The Balaban J connectivity index is 2.79. The van der Waals surface area contributed by atoms with Crippen LogP contribution in [-0.2, 0) is 0 Å². The highest BCUT2D eigenvalue weighted by atomic mass is 14.5.